The number of piperazine rings is 1. The van der Waals surface area contributed by atoms with Gasteiger partial charge in [0.25, 0.3) is 0 Å². The van der Waals surface area contributed by atoms with E-state index < -0.39 is 6.10 Å². The maximum atomic E-state index is 10.5. The van der Waals surface area contributed by atoms with Crippen LogP contribution in [0.2, 0.25) is 0 Å². The van der Waals surface area contributed by atoms with Crippen LogP contribution in [0.15, 0.2) is 18.2 Å². The van der Waals surface area contributed by atoms with Crippen molar-refractivity contribution in [1.82, 2.24) is 14.7 Å². The second-order valence-corrected chi connectivity index (χ2v) is 8.72. The summed E-state index contributed by atoms with van der Waals surface area (Å²) in [7, 11) is 5.59. The van der Waals surface area contributed by atoms with Gasteiger partial charge in [-0.1, -0.05) is 6.07 Å². The Morgan fingerprint density at radius 2 is 1.77 bits per heavy atom. The van der Waals surface area contributed by atoms with Crippen LogP contribution in [-0.4, -0.2) is 106 Å². The van der Waals surface area contributed by atoms with Crippen molar-refractivity contribution in [2.24, 2.45) is 5.92 Å². The molecule has 7 heteroatoms. The first-order chi connectivity index (χ1) is 14.6. The van der Waals surface area contributed by atoms with Crippen molar-refractivity contribution in [3.63, 3.8) is 0 Å². The standard InChI is InChI=1S/C23H39N3O4/c1-24-10-12-26(13-11-24)16-21(27)18-30-23-14-22(29-3)5-4-20(23)15-25-8-6-19(7-9-25)17-28-2/h4-5,14,19,21,27H,6-13,15-18H2,1-3H3/t21-/m1/s1. The summed E-state index contributed by atoms with van der Waals surface area (Å²) in [6, 6.07) is 6.01. The minimum Gasteiger partial charge on any atom is -0.497 e. The summed E-state index contributed by atoms with van der Waals surface area (Å²) in [4.78, 5) is 7.10. The van der Waals surface area contributed by atoms with Crippen molar-refractivity contribution >= 4 is 0 Å². The maximum Gasteiger partial charge on any atom is 0.127 e. The zero-order valence-electron chi connectivity index (χ0n) is 18.9. The fourth-order valence-corrected chi connectivity index (χ4v) is 4.28. The number of β-amino-alcohol motifs (C(OH)–C–C–N with tert-alkyl or cyclic N) is 1. The topological polar surface area (TPSA) is 57.6 Å². The first-order valence-corrected chi connectivity index (χ1v) is 11.2. The van der Waals surface area contributed by atoms with Crippen LogP contribution in [0.4, 0.5) is 0 Å². The number of likely N-dealkylation sites (N-methyl/N-ethyl adjacent to an activating group) is 1. The van der Waals surface area contributed by atoms with E-state index in [1.807, 2.05) is 12.1 Å². The summed E-state index contributed by atoms with van der Waals surface area (Å²) in [6.45, 7) is 8.90. The van der Waals surface area contributed by atoms with Crippen LogP contribution >= 0.6 is 0 Å². The molecule has 2 heterocycles. The fourth-order valence-electron chi connectivity index (χ4n) is 4.28. The van der Waals surface area contributed by atoms with E-state index in [4.69, 9.17) is 14.2 Å². The summed E-state index contributed by atoms with van der Waals surface area (Å²) in [5.41, 5.74) is 1.15. The number of aliphatic hydroxyl groups excluding tert-OH is 1. The molecule has 0 unspecified atom stereocenters. The van der Waals surface area contributed by atoms with Crippen LogP contribution in [0, 0.1) is 5.92 Å². The number of aliphatic hydroxyl groups is 1. The number of benzene rings is 1. The molecule has 0 spiro atoms. The Morgan fingerprint density at radius 3 is 2.43 bits per heavy atom. The van der Waals surface area contributed by atoms with Crippen LogP contribution in [-0.2, 0) is 11.3 Å². The molecule has 2 saturated heterocycles. The molecule has 1 atom stereocenters. The lowest BCUT2D eigenvalue weighted by molar-refractivity contribution is 0.0497. The summed E-state index contributed by atoms with van der Waals surface area (Å²) in [6.07, 6.45) is 1.84. The molecule has 2 aliphatic heterocycles. The number of piperidine rings is 1. The van der Waals surface area contributed by atoms with Gasteiger partial charge in [0, 0.05) is 64.6 Å². The molecule has 3 rings (SSSR count). The highest BCUT2D eigenvalue weighted by atomic mass is 16.5. The Hall–Kier alpha value is -1.38. The van der Waals surface area contributed by atoms with Gasteiger partial charge in [-0.25, -0.2) is 0 Å². The highest BCUT2D eigenvalue weighted by Gasteiger charge is 2.21. The molecule has 0 aromatic heterocycles. The molecule has 7 nitrogen and oxygen atoms in total. The average molecular weight is 422 g/mol. The van der Waals surface area contributed by atoms with Gasteiger partial charge in [0.05, 0.1) is 7.11 Å². The Bertz CT molecular complexity index is 629. The van der Waals surface area contributed by atoms with E-state index in [0.717, 1.165) is 69.5 Å². The Balaban J connectivity index is 1.53. The first kappa shape index (κ1) is 23.3. The predicted molar refractivity (Wildman–Crippen MR) is 118 cm³/mol. The Morgan fingerprint density at radius 1 is 1.03 bits per heavy atom. The van der Waals surface area contributed by atoms with Crippen molar-refractivity contribution in [1.29, 1.82) is 0 Å². The van der Waals surface area contributed by atoms with Gasteiger partial charge in [-0.05, 0) is 45.0 Å². The molecule has 2 aliphatic rings. The highest BCUT2D eigenvalue weighted by Crippen LogP contribution is 2.28. The molecule has 1 N–H and O–H groups in total. The molecule has 2 fully saturated rings. The lowest BCUT2D eigenvalue weighted by atomic mass is 9.97. The number of nitrogens with zero attached hydrogens (tertiary/aromatic N) is 3. The lowest BCUT2D eigenvalue weighted by Gasteiger charge is -2.33. The maximum absolute atomic E-state index is 10.5. The van der Waals surface area contributed by atoms with Crippen LogP contribution in [0.3, 0.4) is 0 Å². The zero-order chi connectivity index (χ0) is 21.3. The summed E-state index contributed by atoms with van der Waals surface area (Å²) in [5, 5.41) is 10.5. The average Bonchev–Trinajstić information content (AvgIpc) is 2.76. The van der Waals surface area contributed by atoms with Gasteiger partial charge < -0.3 is 24.2 Å². The van der Waals surface area contributed by atoms with Crippen LogP contribution in [0.5, 0.6) is 11.5 Å². The SMILES string of the molecule is COCC1CCN(Cc2ccc(OC)cc2OC[C@H](O)CN2CCN(C)CC2)CC1. The number of ether oxygens (including phenoxy) is 3. The fraction of sp³-hybridized carbons (Fsp3) is 0.739. The van der Waals surface area contributed by atoms with Gasteiger partial charge in [0.2, 0.25) is 0 Å². The largest absolute Gasteiger partial charge is 0.497 e. The van der Waals surface area contributed by atoms with Gasteiger partial charge in [-0.2, -0.15) is 0 Å². The van der Waals surface area contributed by atoms with Gasteiger partial charge in [0.15, 0.2) is 0 Å². The molecule has 1 aromatic rings. The normalized spacial score (nSPS) is 20.9. The summed E-state index contributed by atoms with van der Waals surface area (Å²) < 4.78 is 16.8. The molecule has 0 amide bonds. The molecule has 0 aliphatic carbocycles. The predicted octanol–water partition coefficient (Wildman–Crippen LogP) is 1.54. The highest BCUT2D eigenvalue weighted by molar-refractivity contribution is 5.40. The molecule has 1 aromatic carbocycles. The first-order valence-electron chi connectivity index (χ1n) is 11.2. The van der Waals surface area contributed by atoms with E-state index in [9.17, 15) is 5.11 Å². The number of hydrogen-bond acceptors (Lipinski definition) is 7. The van der Waals surface area contributed by atoms with Crippen molar-refractivity contribution in [3.8, 4) is 11.5 Å². The minimum atomic E-state index is -0.503. The molecule has 170 valence electrons. The van der Waals surface area contributed by atoms with E-state index >= 15 is 0 Å². The Labute approximate surface area is 181 Å². The van der Waals surface area contributed by atoms with E-state index in [0.29, 0.717) is 19.1 Å². The summed E-state index contributed by atoms with van der Waals surface area (Å²) in [5.74, 6) is 2.26. The molecular formula is C23H39N3O4. The van der Waals surface area contributed by atoms with Crippen molar-refractivity contribution < 1.29 is 19.3 Å². The lowest BCUT2D eigenvalue weighted by Crippen LogP contribution is -2.47. The molecule has 30 heavy (non-hydrogen) atoms. The third-order valence-corrected chi connectivity index (χ3v) is 6.27. The summed E-state index contributed by atoms with van der Waals surface area (Å²) >= 11 is 0. The molecule has 0 bridgehead atoms. The molecule has 0 radical (unpaired) electrons. The van der Waals surface area contributed by atoms with E-state index in [-0.39, 0.29) is 0 Å². The number of rotatable bonds is 10. The van der Waals surface area contributed by atoms with Crippen LogP contribution in [0.25, 0.3) is 0 Å². The van der Waals surface area contributed by atoms with Crippen molar-refractivity contribution in [2.75, 3.05) is 80.3 Å². The second kappa shape index (κ2) is 11.9. The number of likely N-dealkylation sites (tertiary alicyclic amines) is 1. The Kier molecular flexibility index (Phi) is 9.21. The third-order valence-electron chi connectivity index (χ3n) is 6.27. The van der Waals surface area contributed by atoms with Gasteiger partial charge in [-0.15, -0.1) is 0 Å². The number of hydrogen-bond donors (Lipinski definition) is 1. The van der Waals surface area contributed by atoms with Gasteiger partial charge in [0.1, 0.15) is 24.2 Å². The number of methoxy groups -OCH3 is 2. The van der Waals surface area contributed by atoms with Gasteiger partial charge in [-0.3, -0.25) is 9.80 Å². The van der Waals surface area contributed by atoms with E-state index in [1.54, 1.807) is 14.2 Å². The smallest absolute Gasteiger partial charge is 0.127 e. The second-order valence-electron chi connectivity index (χ2n) is 8.72. The molecule has 0 saturated carbocycles. The van der Waals surface area contributed by atoms with Gasteiger partial charge >= 0.3 is 0 Å². The minimum absolute atomic E-state index is 0.294. The van der Waals surface area contributed by atoms with E-state index in [1.165, 1.54) is 12.8 Å². The zero-order valence-corrected chi connectivity index (χ0v) is 18.9. The monoisotopic (exact) mass is 421 g/mol. The quantitative estimate of drug-likeness (QED) is 0.615. The van der Waals surface area contributed by atoms with Crippen LogP contribution < -0.4 is 9.47 Å². The van der Waals surface area contributed by atoms with Crippen molar-refractivity contribution in [2.45, 2.75) is 25.5 Å². The molecular weight excluding hydrogens is 382 g/mol. The van der Waals surface area contributed by atoms with Crippen LogP contribution in [0.1, 0.15) is 18.4 Å². The van der Waals surface area contributed by atoms with Crippen molar-refractivity contribution in [3.05, 3.63) is 23.8 Å². The third kappa shape index (κ3) is 7.10. The van der Waals surface area contributed by atoms with E-state index in [2.05, 4.69) is 27.8 Å².